The van der Waals surface area contributed by atoms with Gasteiger partial charge in [-0.2, -0.15) is 0 Å². The van der Waals surface area contributed by atoms with Crippen LogP contribution in [-0.2, 0) is 11.3 Å². The van der Waals surface area contributed by atoms with Crippen LogP contribution in [0.25, 0.3) is 10.6 Å². The van der Waals surface area contributed by atoms with E-state index >= 15 is 0 Å². The Morgan fingerprint density at radius 3 is 2.96 bits per heavy atom. The van der Waals surface area contributed by atoms with Gasteiger partial charge in [0.1, 0.15) is 5.01 Å². The molecule has 4 nitrogen and oxygen atoms in total. The molecule has 0 saturated heterocycles. The fourth-order valence-corrected chi connectivity index (χ4v) is 3.52. The van der Waals surface area contributed by atoms with E-state index in [2.05, 4.69) is 33.8 Å². The second kappa shape index (κ2) is 7.53. The van der Waals surface area contributed by atoms with E-state index in [1.54, 1.807) is 18.3 Å². The molecule has 0 fully saturated rings. The number of hydrogen-bond acceptors (Lipinski definition) is 4. The topological polar surface area (TPSA) is 45.2 Å². The summed E-state index contributed by atoms with van der Waals surface area (Å²) >= 11 is 1.70. The van der Waals surface area contributed by atoms with E-state index in [0.717, 1.165) is 36.8 Å². The largest absolute Gasteiger partial charge is 0.353 e. The summed E-state index contributed by atoms with van der Waals surface area (Å²) < 4.78 is 0. The molecule has 0 unspecified atom stereocenters. The number of amides is 1. The molecule has 2 aromatic rings. The first-order chi connectivity index (χ1) is 11.2. The standard InChI is InChI=1S/C18H21N3OS/c1-14(22)19-10-15-6-5-9-21(11-15)12-17-13-23-18(20-17)16-7-3-2-4-8-16/h2-4,6-8,13H,5,9-12H2,1H3,(H,19,22). The fraction of sp³-hybridized carbons (Fsp3) is 0.333. The van der Waals surface area contributed by atoms with Gasteiger partial charge >= 0.3 is 0 Å². The van der Waals surface area contributed by atoms with Gasteiger partial charge < -0.3 is 5.32 Å². The Bertz CT molecular complexity index is 693. The highest BCUT2D eigenvalue weighted by Gasteiger charge is 2.15. The Balaban J connectivity index is 1.59. The summed E-state index contributed by atoms with van der Waals surface area (Å²) in [5, 5.41) is 6.10. The molecule has 0 bridgehead atoms. The van der Waals surface area contributed by atoms with Crippen LogP contribution in [0, 0.1) is 0 Å². The van der Waals surface area contributed by atoms with E-state index < -0.39 is 0 Å². The van der Waals surface area contributed by atoms with Gasteiger partial charge in [-0.15, -0.1) is 11.3 Å². The summed E-state index contributed by atoms with van der Waals surface area (Å²) in [5.74, 6) is 0.0232. The summed E-state index contributed by atoms with van der Waals surface area (Å²) in [6, 6.07) is 10.3. The minimum Gasteiger partial charge on any atom is -0.353 e. The molecule has 1 aliphatic rings. The van der Waals surface area contributed by atoms with Gasteiger partial charge in [0.25, 0.3) is 0 Å². The number of nitrogens with one attached hydrogen (secondary N) is 1. The third kappa shape index (κ3) is 4.50. The molecule has 0 saturated carbocycles. The van der Waals surface area contributed by atoms with Crippen molar-refractivity contribution in [1.29, 1.82) is 0 Å². The van der Waals surface area contributed by atoms with Gasteiger partial charge in [0.2, 0.25) is 5.91 Å². The van der Waals surface area contributed by atoms with E-state index in [9.17, 15) is 4.79 Å². The lowest BCUT2D eigenvalue weighted by atomic mass is 10.1. The lowest BCUT2D eigenvalue weighted by Gasteiger charge is -2.26. The number of hydrogen-bond donors (Lipinski definition) is 1. The molecule has 0 spiro atoms. The Labute approximate surface area is 140 Å². The lowest BCUT2D eigenvalue weighted by Crippen LogP contribution is -2.34. The van der Waals surface area contributed by atoms with Crippen LogP contribution < -0.4 is 5.32 Å². The zero-order valence-electron chi connectivity index (χ0n) is 13.3. The molecular formula is C18H21N3OS. The highest BCUT2D eigenvalue weighted by molar-refractivity contribution is 7.13. The molecule has 2 heterocycles. The summed E-state index contributed by atoms with van der Waals surface area (Å²) in [6.45, 7) is 5.01. The number of benzene rings is 1. The van der Waals surface area contributed by atoms with Gasteiger partial charge in [-0.1, -0.05) is 36.4 Å². The second-order valence-electron chi connectivity index (χ2n) is 5.78. The minimum absolute atomic E-state index is 0.0232. The van der Waals surface area contributed by atoms with Crippen molar-refractivity contribution >= 4 is 17.2 Å². The summed E-state index contributed by atoms with van der Waals surface area (Å²) in [6.07, 6.45) is 3.27. The molecule has 1 N–H and O–H groups in total. The first-order valence-electron chi connectivity index (χ1n) is 7.85. The number of aromatic nitrogens is 1. The van der Waals surface area contributed by atoms with Crippen molar-refractivity contribution in [3.8, 4) is 10.6 Å². The van der Waals surface area contributed by atoms with Crippen LogP contribution in [0.2, 0.25) is 0 Å². The second-order valence-corrected chi connectivity index (χ2v) is 6.64. The van der Waals surface area contributed by atoms with Crippen molar-refractivity contribution in [2.45, 2.75) is 19.9 Å². The van der Waals surface area contributed by atoms with Gasteiger partial charge in [-0.25, -0.2) is 4.98 Å². The minimum atomic E-state index is 0.0232. The average molecular weight is 327 g/mol. The lowest BCUT2D eigenvalue weighted by molar-refractivity contribution is -0.118. The monoisotopic (exact) mass is 327 g/mol. The van der Waals surface area contributed by atoms with Gasteiger partial charge in [-0.05, 0) is 12.0 Å². The van der Waals surface area contributed by atoms with Crippen LogP contribution >= 0.6 is 11.3 Å². The SMILES string of the molecule is CC(=O)NCC1=CCCN(Cc2csc(-c3ccccc3)n2)C1. The Kier molecular flexibility index (Phi) is 5.20. The number of carbonyl (C=O) groups excluding carboxylic acids is 1. The predicted molar refractivity (Wildman–Crippen MR) is 94.2 cm³/mol. The molecule has 120 valence electrons. The van der Waals surface area contributed by atoms with E-state index in [-0.39, 0.29) is 5.91 Å². The third-order valence-electron chi connectivity index (χ3n) is 3.83. The van der Waals surface area contributed by atoms with Crippen LogP contribution in [0.15, 0.2) is 47.4 Å². The Hall–Kier alpha value is -1.98. The highest BCUT2D eigenvalue weighted by atomic mass is 32.1. The maximum absolute atomic E-state index is 11.0. The highest BCUT2D eigenvalue weighted by Crippen LogP contribution is 2.24. The molecule has 0 aliphatic carbocycles. The van der Waals surface area contributed by atoms with Crippen LogP contribution in [-0.4, -0.2) is 35.4 Å². The van der Waals surface area contributed by atoms with E-state index in [1.165, 1.54) is 11.1 Å². The van der Waals surface area contributed by atoms with Gasteiger partial charge in [0.05, 0.1) is 5.69 Å². The fourth-order valence-electron chi connectivity index (χ4n) is 2.71. The summed E-state index contributed by atoms with van der Waals surface area (Å²) in [4.78, 5) is 18.2. The van der Waals surface area contributed by atoms with Crippen molar-refractivity contribution in [3.05, 3.63) is 53.1 Å². The van der Waals surface area contributed by atoms with Crippen LogP contribution in [0.4, 0.5) is 0 Å². The normalized spacial score (nSPS) is 15.3. The van der Waals surface area contributed by atoms with E-state index in [1.807, 2.05) is 18.2 Å². The third-order valence-corrected chi connectivity index (χ3v) is 4.77. The van der Waals surface area contributed by atoms with Crippen LogP contribution in [0.3, 0.4) is 0 Å². The number of nitrogens with zero attached hydrogens (tertiary/aromatic N) is 2. The van der Waals surface area contributed by atoms with Gasteiger partial charge in [0, 0.05) is 44.0 Å². The molecule has 1 aliphatic heterocycles. The molecule has 1 amide bonds. The first-order valence-corrected chi connectivity index (χ1v) is 8.73. The smallest absolute Gasteiger partial charge is 0.217 e. The van der Waals surface area contributed by atoms with Crippen molar-refractivity contribution in [2.75, 3.05) is 19.6 Å². The summed E-state index contributed by atoms with van der Waals surface area (Å²) in [5.41, 5.74) is 3.58. The molecule has 1 aromatic heterocycles. The van der Waals surface area contributed by atoms with Crippen LogP contribution in [0.1, 0.15) is 19.0 Å². The zero-order valence-corrected chi connectivity index (χ0v) is 14.1. The average Bonchev–Trinajstić information content (AvgIpc) is 3.03. The van der Waals surface area contributed by atoms with Crippen molar-refractivity contribution < 1.29 is 4.79 Å². The maximum Gasteiger partial charge on any atom is 0.217 e. The number of thiazole rings is 1. The molecule has 1 aromatic carbocycles. The first kappa shape index (κ1) is 15.9. The van der Waals surface area contributed by atoms with Crippen molar-refractivity contribution in [3.63, 3.8) is 0 Å². The molecule has 0 radical (unpaired) electrons. The number of carbonyl (C=O) groups is 1. The molecular weight excluding hydrogens is 306 g/mol. The summed E-state index contributed by atoms with van der Waals surface area (Å²) in [7, 11) is 0. The van der Waals surface area contributed by atoms with Crippen LogP contribution in [0.5, 0.6) is 0 Å². The molecule has 5 heteroatoms. The molecule has 23 heavy (non-hydrogen) atoms. The van der Waals surface area contributed by atoms with Crippen molar-refractivity contribution in [2.24, 2.45) is 0 Å². The number of rotatable bonds is 5. The quantitative estimate of drug-likeness (QED) is 0.859. The maximum atomic E-state index is 11.0. The van der Waals surface area contributed by atoms with E-state index in [0.29, 0.717) is 6.54 Å². The van der Waals surface area contributed by atoms with Crippen molar-refractivity contribution in [1.82, 2.24) is 15.2 Å². The Morgan fingerprint density at radius 1 is 1.35 bits per heavy atom. The van der Waals surface area contributed by atoms with Gasteiger partial charge in [0.15, 0.2) is 0 Å². The molecule has 3 rings (SSSR count). The van der Waals surface area contributed by atoms with E-state index in [4.69, 9.17) is 4.98 Å². The van der Waals surface area contributed by atoms with Gasteiger partial charge in [-0.3, -0.25) is 9.69 Å². The Morgan fingerprint density at radius 2 is 2.17 bits per heavy atom. The molecule has 0 atom stereocenters. The predicted octanol–water partition coefficient (Wildman–Crippen LogP) is 3.08. The zero-order chi connectivity index (χ0) is 16.1.